The molecule has 1 aromatic carbocycles. The summed E-state index contributed by atoms with van der Waals surface area (Å²) in [5, 5.41) is 6.77. The molecule has 0 spiro atoms. The number of aliphatic imine (C=N–C) groups is 1. The van der Waals surface area contributed by atoms with Crippen LogP contribution in [0.15, 0.2) is 41.4 Å². The van der Waals surface area contributed by atoms with Crippen LogP contribution in [-0.2, 0) is 0 Å². The molecule has 1 unspecified atom stereocenters. The van der Waals surface area contributed by atoms with Gasteiger partial charge in [-0.15, -0.1) is 24.0 Å². The van der Waals surface area contributed by atoms with Crippen molar-refractivity contribution in [2.24, 2.45) is 4.99 Å². The number of halogens is 3. The van der Waals surface area contributed by atoms with Gasteiger partial charge in [0.1, 0.15) is 5.82 Å². The molecule has 1 aliphatic rings. The highest BCUT2D eigenvalue weighted by atomic mass is 127. The lowest BCUT2D eigenvalue weighted by Crippen LogP contribution is -2.49. The number of aromatic nitrogens is 1. The number of benzene rings is 1. The second kappa shape index (κ2) is 11.4. The van der Waals surface area contributed by atoms with E-state index in [-0.39, 0.29) is 29.9 Å². The molecule has 0 radical (unpaired) electrons. The molecule has 2 heterocycles. The van der Waals surface area contributed by atoms with E-state index in [9.17, 15) is 8.78 Å². The maximum atomic E-state index is 13.5. The second-order valence-electron chi connectivity index (χ2n) is 7.57. The molecule has 0 saturated carbocycles. The summed E-state index contributed by atoms with van der Waals surface area (Å²) < 4.78 is 26.6. The van der Waals surface area contributed by atoms with Crippen LogP contribution in [0.2, 0.25) is 0 Å². The van der Waals surface area contributed by atoms with E-state index in [0.29, 0.717) is 12.6 Å². The molecule has 1 aliphatic heterocycles. The first-order valence-electron chi connectivity index (χ1n) is 10.1. The maximum Gasteiger partial charge on any atom is 0.191 e. The Bertz CT molecular complexity index is 853. The fraction of sp³-hybridized carbons (Fsp3) is 0.455. The fourth-order valence-corrected chi connectivity index (χ4v) is 3.53. The Morgan fingerprint density at radius 1 is 1.20 bits per heavy atom. The minimum absolute atomic E-state index is 0. The number of aryl methyl sites for hydroxylation is 1. The number of nitrogens with zero attached hydrogens (tertiary/aromatic N) is 3. The third-order valence-corrected chi connectivity index (χ3v) is 5.35. The molecule has 3 rings (SSSR count). The predicted molar refractivity (Wildman–Crippen MR) is 129 cm³/mol. The monoisotopic (exact) mass is 529 g/mol. The Hall–Kier alpha value is -1.97. The quantitative estimate of drug-likeness (QED) is 0.346. The summed E-state index contributed by atoms with van der Waals surface area (Å²) >= 11 is 0. The molecule has 1 fully saturated rings. The van der Waals surface area contributed by atoms with Crippen LogP contribution < -0.4 is 15.5 Å². The highest BCUT2D eigenvalue weighted by Gasteiger charge is 2.21. The van der Waals surface area contributed by atoms with Crippen molar-refractivity contribution in [1.82, 2.24) is 15.6 Å². The second-order valence-corrected chi connectivity index (χ2v) is 7.57. The van der Waals surface area contributed by atoms with Gasteiger partial charge in [0.25, 0.3) is 0 Å². The molecule has 30 heavy (non-hydrogen) atoms. The molecule has 2 N–H and O–H groups in total. The largest absolute Gasteiger partial charge is 0.356 e. The van der Waals surface area contributed by atoms with Crippen molar-refractivity contribution in [2.45, 2.75) is 38.6 Å². The van der Waals surface area contributed by atoms with Crippen LogP contribution in [0.1, 0.15) is 36.9 Å². The molecular formula is C22H30F2IN5. The molecule has 2 aromatic rings. The van der Waals surface area contributed by atoms with Crippen molar-refractivity contribution in [2.75, 3.05) is 31.6 Å². The average molecular weight is 529 g/mol. The van der Waals surface area contributed by atoms with Crippen molar-refractivity contribution in [3.63, 3.8) is 0 Å². The Balaban J connectivity index is 0.00000320. The van der Waals surface area contributed by atoms with E-state index >= 15 is 0 Å². The number of anilines is 1. The average Bonchev–Trinajstić information content (AvgIpc) is 2.73. The lowest BCUT2D eigenvalue weighted by molar-refractivity contribution is 0.458. The van der Waals surface area contributed by atoms with Crippen LogP contribution in [0.25, 0.3) is 0 Å². The summed E-state index contributed by atoms with van der Waals surface area (Å²) in [6, 6.07) is 10.5. The topological polar surface area (TPSA) is 52.6 Å². The van der Waals surface area contributed by atoms with Crippen LogP contribution in [0.4, 0.5) is 14.6 Å². The standard InChI is InChI=1S/C22H29F2N5.HI/c1-15(17-7-8-19(23)20(24)13-17)14-26-22(25-3)28-18-9-11-29(12-10-18)21-6-4-5-16(2)27-21;/h4-8,13,15,18H,9-12,14H2,1-3H3,(H2,25,26,28);1H. The van der Waals surface area contributed by atoms with E-state index in [2.05, 4.69) is 31.6 Å². The number of piperidine rings is 1. The van der Waals surface area contributed by atoms with Crippen LogP contribution in [0, 0.1) is 18.6 Å². The maximum absolute atomic E-state index is 13.5. The smallest absolute Gasteiger partial charge is 0.191 e. The molecule has 0 amide bonds. The van der Waals surface area contributed by atoms with Crippen molar-refractivity contribution in [3.05, 3.63) is 59.3 Å². The number of hydrogen-bond donors (Lipinski definition) is 2. The summed E-state index contributed by atoms with van der Waals surface area (Å²) in [6.07, 6.45) is 1.99. The molecule has 1 aromatic heterocycles. The zero-order valence-electron chi connectivity index (χ0n) is 17.7. The number of pyridine rings is 1. The lowest BCUT2D eigenvalue weighted by atomic mass is 10.0. The van der Waals surface area contributed by atoms with Gasteiger partial charge in [0, 0.05) is 38.4 Å². The van der Waals surface area contributed by atoms with Crippen molar-refractivity contribution in [1.29, 1.82) is 0 Å². The molecule has 0 bridgehead atoms. The summed E-state index contributed by atoms with van der Waals surface area (Å²) in [5.41, 5.74) is 1.79. The number of hydrogen-bond acceptors (Lipinski definition) is 3. The normalized spacial score (nSPS) is 16.0. The zero-order chi connectivity index (χ0) is 20.8. The van der Waals surface area contributed by atoms with Gasteiger partial charge in [0.05, 0.1) is 0 Å². The van der Waals surface area contributed by atoms with Gasteiger partial charge in [-0.05, 0) is 55.5 Å². The predicted octanol–water partition coefficient (Wildman–Crippen LogP) is 4.22. The van der Waals surface area contributed by atoms with E-state index in [1.165, 1.54) is 12.1 Å². The van der Waals surface area contributed by atoms with Crippen LogP contribution in [0.3, 0.4) is 0 Å². The molecule has 8 heteroatoms. The van der Waals surface area contributed by atoms with E-state index < -0.39 is 11.6 Å². The first-order valence-corrected chi connectivity index (χ1v) is 10.1. The van der Waals surface area contributed by atoms with Crippen LogP contribution in [0.5, 0.6) is 0 Å². The van der Waals surface area contributed by atoms with E-state index in [1.54, 1.807) is 13.1 Å². The van der Waals surface area contributed by atoms with Crippen molar-refractivity contribution < 1.29 is 8.78 Å². The lowest BCUT2D eigenvalue weighted by Gasteiger charge is -2.34. The van der Waals surface area contributed by atoms with Gasteiger partial charge in [-0.25, -0.2) is 13.8 Å². The first-order chi connectivity index (χ1) is 14.0. The van der Waals surface area contributed by atoms with Gasteiger partial charge < -0.3 is 15.5 Å². The summed E-state index contributed by atoms with van der Waals surface area (Å²) in [5.74, 6) is 0.154. The van der Waals surface area contributed by atoms with E-state index in [4.69, 9.17) is 0 Å². The fourth-order valence-electron chi connectivity index (χ4n) is 3.53. The Morgan fingerprint density at radius 2 is 1.93 bits per heavy atom. The molecular weight excluding hydrogens is 499 g/mol. The molecule has 164 valence electrons. The van der Waals surface area contributed by atoms with E-state index in [1.807, 2.05) is 26.0 Å². The number of guanidine groups is 1. The molecule has 1 saturated heterocycles. The highest BCUT2D eigenvalue weighted by molar-refractivity contribution is 14.0. The van der Waals surface area contributed by atoms with Gasteiger partial charge in [0.2, 0.25) is 0 Å². The van der Waals surface area contributed by atoms with Gasteiger partial charge in [0.15, 0.2) is 17.6 Å². The zero-order valence-corrected chi connectivity index (χ0v) is 20.0. The number of rotatable bonds is 5. The summed E-state index contributed by atoms with van der Waals surface area (Å²) in [4.78, 5) is 11.2. The third kappa shape index (κ3) is 6.52. The molecule has 5 nitrogen and oxygen atoms in total. The minimum atomic E-state index is -0.821. The highest BCUT2D eigenvalue weighted by Crippen LogP contribution is 2.19. The molecule has 1 atom stereocenters. The van der Waals surface area contributed by atoms with E-state index in [0.717, 1.165) is 49.0 Å². The summed E-state index contributed by atoms with van der Waals surface area (Å²) in [6.45, 7) is 6.44. The van der Waals surface area contributed by atoms with Crippen LogP contribution in [-0.4, -0.2) is 43.7 Å². The third-order valence-electron chi connectivity index (χ3n) is 5.35. The van der Waals surface area contributed by atoms with Crippen LogP contribution >= 0.6 is 24.0 Å². The Labute approximate surface area is 194 Å². The summed E-state index contributed by atoms with van der Waals surface area (Å²) in [7, 11) is 1.74. The van der Waals surface area contributed by atoms with Crippen molar-refractivity contribution >= 4 is 35.8 Å². The molecule has 0 aliphatic carbocycles. The first kappa shape index (κ1) is 24.3. The van der Waals surface area contributed by atoms with Gasteiger partial charge >= 0.3 is 0 Å². The van der Waals surface area contributed by atoms with Gasteiger partial charge in [-0.2, -0.15) is 0 Å². The SMILES string of the molecule is CN=C(NCC(C)c1ccc(F)c(F)c1)NC1CCN(c2cccc(C)n2)CC1.I. The Kier molecular flexibility index (Phi) is 9.26. The Morgan fingerprint density at radius 3 is 2.57 bits per heavy atom. The van der Waals surface area contributed by atoms with Crippen molar-refractivity contribution in [3.8, 4) is 0 Å². The van der Waals surface area contributed by atoms with Gasteiger partial charge in [-0.1, -0.05) is 19.1 Å². The number of nitrogens with one attached hydrogen (secondary N) is 2. The van der Waals surface area contributed by atoms with Gasteiger partial charge in [-0.3, -0.25) is 4.99 Å². The minimum Gasteiger partial charge on any atom is -0.356 e.